The molecule has 3 heteroatoms. The van der Waals surface area contributed by atoms with Crippen molar-refractivity contribution in [3.8, 4) is 0 Å². The highest BCUT2D eigenvalue weighted by molar-refractivity contribution is 6.07. The lowest BCUT2D eigenvalue weighted by Crippen LogP contribution is -2.21. The van der Waals surface area contributed by atoms with Crippen LogP contribution in [0.5, 0.6) is 0 Å². The monoisotopic (exact) mass is 249 g/mol. The molecule has 0 atom stereocenters. The van der Waals surface area contributed by atoms with Crippen molar-refractivity contribution in [3.63, 3.8) is 0 Å². The van der Waals surface area contributed by atoms with Gasteiger partial charge in [0.25, 0.3) is 0 Å². The molecule has 1 N–H and O–H groups in total. The third-order valence-corrected chi connectivity index (χ3v) is 2.30. The van der Waals surface area contributed by atoms with Gasteiger partial charge in [0.1, 0.15) is 0 Å². The summed E-state index contributed by atoms with van der Waals surface area (Å²) in [7, 11) is 0. The zero-order valence-corrected chi connectivity index (χ0v) is 11.9. The van der Waals surface area contributed by atoms with Gasteiger partial charge in [0.05, 0.1) is 0 Å². The molecule has 0 bridgehead atoms. The second kappa shape index (κ2) is 8.59. The summed E-state index contributed by atoms with van der Waals surface area (Å²) in [4.78, 5) is 22.0. The molecule has 0 heterocycles. The first-order valence-corrected chi connectivity index (χ1v) is 6.24. The number of carbonyl (C=O) groups is 2. The summed E-state index contributed by atoms with van der Waals surface area (Å²) in [5, 5.41) is 3.21. The van der Waals surface area contributed by atoms with Gasteiger partial charge in [-0.2, -0.15) is 0 Å². The van der Waals surface area contributed by atoms with Crippen LogP contribution in [0, 0.1) is 0 Å². The highest BCUT2D eigenvalue weighted by Gasteiger charge is 2.08. The average molecular weight is 249 g/mol. The zero-order valence-electron chi connectivity index (χ0n) is 11.9. The number of carbonyl (C=O) groups excluding carboxylic acids is 2. The number of hydrogen-bond acceptors (Lipinski definition) is 3. The van der Waals surface area contributed by atoms with Gasteiger partial charge in [0, 0.05) is 17.2 Å². The van der Waals surface area contributed by atoms with Gasteiger partial charge in [-0.1, -0.05) is 45.0 Å². The SMILES string of the molecule is CC(=O)c1ccccc1C(C)=O.CCNC(C)C. The minimum Gasteiger partial charge on any atom is -0.315 e. The molecule has 0 aromatic heterocycles. The molecule has 0 aliphatic carbocycles. The number of rotatable bonds is 4. The van der Waals surface area contributed by atoms with Crippen LogP contribution in [0.25, 0.3) is 0 Å². The third kappa shape index (κ3) is 6.30. The number of Topliss-reactive ketones (excluding diaryl/α,β-unsaturated/α-hetero) is 2. The van der Waals surface area contributed by atoms with Crippen LogP contribution in [0.1, 0.15) is 55.3 Å². The number of ketones is 2. The molecule has 0 saturated heterocycles. The molecule has 0 amide bonds. The Hall–Kier alpha value is -1.48. The highest BCUT2D eigenvalue weighted by atomic mass is 16.1. The van der Waals surface area contributed by atoms with Crippen LogP contribution in [-0.4, -0.2) is 24.2 Å². The minimum absolute atomic E-state index is 0.0687. The van der Waals surface area contributed by atoms with Crippen LogP contribution < -0.4 is 5.32 Å². The molecule has 1 aromatic rings. The van der Waals surface area contributed by atoms with Crippen molar-refractivity contribution in [1.29, 1.82) is 0 Å². The molecule has 18 heavy (non-hydrogen) atoms. The molecular formula is C15H23NO2. The summed E-state index contributed by atoms with van der Waals surface area (Å²) in [6.45, 7) is 10.4. The lowest BCUT2D eigenvalue weighted by molar-refractivity contribution is 0.0981. The molecule has 1 rings (SSSR count). The Morgan fingerprint density at radius 1 is 1.06 bits per heavy atom. The van der Waals surface area contributed by atoms with E-state index in [0.29, 0.717) is 17.2 Å². The molecule has 0 spiro atoms. The average Bonchev–Trinajstić information content (AvgIpc) is 2.29. The Morgan fingerprint density at radius 3 is 1.61 bits per heavy atom. The summed E-state index contributed by atoms with van der Waals surface area (Å²) in [5.41, 5.74) is 1.01. The molecule has 0 aliphatic rings. The van der Waals surface area contributed by atoms with E-state index < -0.39 is 0 Å². The van der Waals surface area contributed by atoms with Gasteiger partial charge in [0.15, 0.2) is 11.6 Å². The Morgan fingerprint density at radius 2 is 1.44 bits per heavy atom. The molecule has 0 fully saturated rings. The van der Waals surface area contributed by atoms with Crippen molar-refractivity contribution in [2.75, 3.05) is 6.54 Å². The van der Waals surface area contributed by atoms with Gasteiger partial charge in [-0.15, -0.1) is 0 Å². The summed E-state index contributed by atoms with van der Waals surface area (Å²) < 4.78 is 0. The predicted molar refractivity (Wildman–Crippen MR) is 75.3 cm³/mol. The van der Waals surface area contributed by atoms with Gasteiger partial charge in [-0.3, -0.25) is 9.59 Å². The first-order chi connectivity index (χ1) is 8.40. The van der Waals surface area contributed by atoms with E-state index in [0.717, 1.165) is 6.54 Å². The quantitative estimate of drug-likeness (QED) is 0.834. The molecule has 0 unspecified atom stereocenters. The van der Waals surface area contributed by atoms with E-state index in [2.05, 4.69) is 26.1 Å². The predicted octanol–water partition coefficient (Wildman–Crippen LogP) is 3.10. The lowest BCUT2D eigenvalue weighted by Gasteiger charge is -2.00. The largest absolute Gasteiger partial charge is 0.315 e. The Labute approximate surface area is 110 Å². The number of benzene rings is 1. The topological polar surface area (TPSA) is 46.2 Å². The van der Waals surface area contributed by atoms with Crippen molar-refractivity contribution in [3.05, 3.63) is 35.4 Å². The van der Waals surface area contributed by atoms with E-state index >= 15 is 0 Å². The van der Waals surface area contributed by atoms with E-state index in [1.54, 1.807) is 24.3 Å². The van der Waals surface area contributed by atoms with Crippen LogP contribution in [0.15, 0.2) is 24.3 Å². The summed E-state index contributed by atoms with van der Waals surface area (Å²) in [6.07, 6.45) is 0. The van der Waals surface area contributed by atoms with Crippen molar-refractivity contribution in [2.45, 2.75) is 40.7 Å². The fourth-order valence-corrected chi connectivity index (χ4v) is 1.51. The highest BCUT2D eigenvalue weighted by Crippen LogP contribution is 2.09. The smallest absolute Gasteiger partial charge is 0.160 e. The summed E-state index contributed by atoms with van der Waals surface area (Å²) in [5.74, 6) is -0.137. The second-order valence-corrected chi connectivity index (χ2v) is 4.37. The van der Waals surface area contributed by atoms with Crippen LogP contribution >= 0.6 is 0 Å². The summed E-state index contributed by atoms with van der Waals surface area (Å²) >= 11 is 0. The van der Waals surface area contributed by atoms with Gasteiger partial charge in [-0.05, 0) is 20.4 Å². The Balaban J connectivity index is 0.000000411. The molecule has 0 saturated carbocycles. The van der Waals surface area contributed by atoms with E-state index in [4.69, 9.17) is 0 Å². The molecule has 0 aliphatic heterocycles. The van der Waals surface area contributed by atoms with Crippen molar-refractivity contribution in [2.24, 2.45) is 0 Å². The zero-order chi connectivity index (χ0) is 14.1. The molecule has 100 valence electrons. The van der Waals surface area contributed by atoms with E-state index in [1.807, 2.05) is 0 Å². The Bertz CT molecular complexity index is 364. The van der Waals surface area contributed by atoms with Crippen LogP contribution in [0.2, 0.25) is 0 Å². The fourth-order valence-electron chi connectivity index (χ4n) is 1.51. The van der Waals surface area contributed by atoms with Gasteiger partial charge in [-0.25, -0.2) is 0 Å². The second-order valence-electron chi connectivity index (χ2n) is 4.37. The van der Waals surface area contributed by atoms with E-state index in [1.165, 1.54) is 13.8 Å². The van der Waals surface area contributed by atoms with E-state index in [9.17, 15) is 9.59 Å². The number of nitrogens with one attached hydrogen (secondary N) is 1. The van der Waals surface area contributed by atoms with Gasteiger partial charge >= 0.3 is 0 Å². The van der Waals surface area contributed by atoms with Crippen LogP contribution in [-0.2, 0) is 0 Å². The van der Waals surface area contributed by atoms with Crippen molar-refractivity contribution >= 4 is 11.6 Å². The lowest BCUT2D eigenvalue weighted by atomic mass is 10.0. The van der Waals surface area contributed by atoms with Gasteiger partial charge in [0.2, 0.25) is 0 Å². The normalized spacial score (nSPS) is 9.67. The molecule has 1 aromatic carbocycles. The summed E-state index contributed by atoms with van der Waals surface area (Å²) in [6, 6.07) is 7.49. The standard InChI is InChI=1S/C10H10O2.C5H13N/c1-7(11)9-5-3-4-6-10(9)8(2)12;1-4-6-5(2)3/h3-6H,1-2H3;5-6H,4H2,1-3H3. The maximum absolute atomic E-state index is 11.0. The first kappa shape index (κ1) is 16.5. The fraction of sp³-hybridized carbons (Fsp3) is 0.467. The molecular weight excluding hydrogens is 226 g/mol. The maximum Gasteiger partial charge on any atom is 0.160 e. The first-order valence-electron chi connectivity index (χ1n) is 6.24. The number of hydrogen-bond donors (Lipinski definition) is 1. The van der Waals surface area contributed by atoms with E-state index in [-0.39, 0.29) is 11.6 Å². The van der Waals surface area contributed by atoms with Crippen LogP contribution in [0.3, 0.4) is 0 Å². The van der Waals surface area contributed by atoms with Crippen LogP contribution in [0.4, 0.5) is 0 Å². The maximum atomic E-state index is 11.0. The molecule has 3 nitrogen and oxygen atoms in total. The Kier molecular flexibility index (Phi) is 7.88. The van der Waals surface area contributed by atoms with Gasteiger partial charge < -0.3 is 5.32 Å². The third-order valence-electron chi connectivity index (χ3n) is 2.30. The molecule has 0 radical (unpaired) electrons. The van der Waals surface area contributed by atoms with Crippen molar-refractivity contribution < 1.29 is 9.59 Å². The minimum atomic E-state index is -0.0687. The van der Waals surface area contributed by atoms with Crippen molar-refractivity contribution in [1.82, 2.24) is 5.32 Å².